The number of rotatable bonds is 2. The molecule has 1 aromatic heterocycles. The van der Waals surface area contributed by atoms with Crippen molar-refractivity contribution >= 4 is 33.2 Å². The first kappa shape index (κ1) is 11.4. The molecule has 0 aliphatic heterocycles. The lowest BCUT2D eigenvalue weighted by atomic mass is 10.2. The maximum atomic E-state index is 12.6. The molecule has 1 heterocycles. The molecule has 0 N–H and O–H groups in total. The quantitative estimate of drug-likeness (QED) is 0.661. The maximum Gasteiger partial charge on any atom is 0.446 e. The summed E-state index contributed by atoms with van der Waals surface area (Å²) in [5.41, 5.74) is -4.20. The maximum absolute atomic E-state index is 12.6. The Bertz CT molecular complexity index is 552. The SMILES string of the molecule is FC(F)(F)Sc1c(C2CC2)sc2ccccc12. The monoisotopic (exact) mass is 274 g/mol. The number of benzene rings is 1. The predicted octanol–water partition coefficient (Wildman–Crippen LogP) is 5.39. The molecule has 2 aromatic rings. The molecular formula is C12H9F3S2. The van der Waals surface area contributed by atoms with Crippen LogP contribution in [0.25, 0.3) is 10.1 Å². The van der Waals surface area contributed by atoms with E-state index in [4.69, 9.17) is 0 Å². The van der Waals surface area contributed by atoms with Crippen molar-refractivity contribution in [2.45, 2.75) is 29.2 Å². The lowest BCUT2D eigenvalue weighted by Crippen LogP contribution is -1.99. The fraction of sp³-hybridized carbons (Fsp3) is 0.333. The van der Waals surface area contributed by atoms with Crippen LogP contribution in [0.1, 0.15) is 23.6 Å². The van der Waals surface area contributed by atoms with Gasteiger partial charge in [-0.05, 0) is 36.6 Å². The molecule has 17 heavy (non-hydrogen) atoms. The third-order valence-electron chi connectivity index (χ3n) is 2.74. The Kier molecular flexibility index (Phi) is 2.63. The first-order chi connectivity index (χ1) is 8.04. The van der Waals surface area contributed by atoms with Crippen LogP contribution in [-0.4, -0.2) is 5.51 Å². The van der Waals surface area contributed by atoms with Crippen molar-refractivity contribution in [2.75, 3.05) is 0 Å². The topological polar surface area (TPSA) is 0 Å². The van der Waals surface area contributed by atoms with Crippen LogP contribution in [0.15, 0.2) is 29.2 Å². The van der Waals surface area contributed by atoms with Crippen molar-refractivity contribution in [3.05, 3.63) is 29.1 Å². The van der Waals surface area contributed by atoms with Crippen molar-refractivity contribution in [3.8, 4) is 0 Å². The highest BCUT2D eigenvalue weighted by Gasteiger charge is 2.36. The summed E-state index contributed by atoms with van der Waals surface area (Å²) < 4.78 is 38.7. The molecular weight excluding hydrogens is 265 g/mol. The molecule has 1 saturated carbocycles. The van der Waals surface area contributed by atoms with Crippen LogP contribution in [0.3, 0.4) is 0 Å². The van der Waals surface area contributed by atoms with Crippen molar-refractivity contribution in [2.24, 2.45) is 0 Å². The summed E-state index contributed by atoms with van der Waals surface area (Å²) in [6, 6.07) is 7.35. The van der Waals surface area contributed by atoms with E-state index in [9.17, 15) is 13.2 Å². The van der Waals surface area contributed by atoms with E-state index in [0.717, 1.165) is 27.8 Å². The minimum absolute atomic E-state index is 0.0423. The molecule has 0 radical (unpaired) electrons. The molecule has 1 aliphatic rings. The van der Waals surface area contributed by atoms with E-state index >= 15 is 0 Å². The lowest BCUT2D eigenvalue weighted by Gasteiger charge is -2.06. The highest BCUT2D eigenvalue weighted by atomic mass is 32.2. The molecule has 0 saturated heterocycles. The average molecular weight is 274 g/mol. The van der Waals surface area contributed by atoms with Gasteiger partial charge in [0.15, 0.2) is 0 Å². The number of hydrogen-bond acceptors (Lipinski definition) is 2. The van der Waals surface area contributed by atoms with Crippen LogP contribution < -0.4 is 0 Å². The first-order valence-corrected chi connectivity index (χ1v) is 6.95. The van der Waals surface area contributed by atoms with E-state index < -0.39 is 5.51 Å². The molecule has 0 amide bonds. The molecule has 0 unspecified atom stereocenters. The second-order valence-corrected chi connectivity index (χ2v) is 6.27. The molecule has 0 bridgehead atoms. The number of hydrogen-bond donors (Lipinski definition) is 0. The van der Waals surface area contributed by atoms with E-state index in [1.54, 1.807) is 12.1 Å². The Morgan fingerprint density at radius 3 is 2.53 bits per heavy atom. The largest absolute Gasteiger partial charge is 0.446 e. The first-order valence-electron chi connectivity index (χ1n) is 5.32. The number of thioether (sulfide) groups is 1. The van der Waals surface area contributed by atoms with Gasteiger partial charge in [-0.25, -0.2) is 0 Å². The minimum atomic E-state index is -4.20. The average Bonchev–Trinajstić information content (AvgIpc) is 3.02. The van der Waals surface area contributed by atoms with Crippen LogP contribution in [0, 0.1) is 0 Å². The summed E-state index contributed by atoms with van der Waals surface area (Å²) in [5, 5.41) is 0.752. The minimum Gasteiger partial charge on any atom is -0.160 e. The number of fused-ring (bicyclic) bond motifs is 1. The second kappa shape index (κ2) is 3.92. The van der Waals surface area contributed by atoms with Crippen LogP contribution >= 0.6 is 23.1 Å². The van der Waals surface area contributed by atoms with Crippen molar-refractivity contribution in [1.29, 1.82) is 0 Å². The number of thiophene rings is 1. The van der Waals surface area contributed by atoms with E-state index in [0.29, 0.717) is 10.8 Å². The smallest absolute Gasteiger partial charge is 0.160 e. The van der Waals surface area contributed by atoms with Crippen LogP contribution in [0.5, 0.6) is 0 Å². The third kappa shape index (κ3) is 2.31. The Morgan fingerprint density at radius 2 is 1.88 bits per heavy atom. The summed E-state index contributed by atoms with van der Waals surface area (Å²) >= 11 is 1.56. The van der Waals surface area contributed by atoms with E-state index in [1.165, 1.54) is 11.3 Å². The molecule has 0 atom stereocenters. The summed E-state index contributed by atoms with van der Waals surface area (Å²) in [6.07, 6.45) is 2.05. The lowest BCUT2D eigenvalue weighted by molar-refractivity contribution is -0.0327. The molecule has 5 heteroatoms. The zero-order valence-electron chi connectivity index (χ0n) is 8.75. The molecule has 3 rings (SSSR count). The molecule has 90 valence electrons. The van der Waals surface area contributed by atoms with Crippen molar-refractivity contribution in [3.63, 3.8) is 0 Å². The summed E-state index contributed by atoms with van der Waals surface area (Å²) in [7, 11) is 0. The van der Waals surface area contributed by atoms with Crippen molar-refractivity contribution in [1.82, 2.24) is 0 Å². The fourth-order valence-electron chi connectivity index (χ4n) is 1.88. The van der Waals surface area contributed by atoms with Gasteiger partial charge in [-0.15, -0.1) is 11.3 Å². The van der Waals surface area contributed by atoms with E-state index in [1.807, 2.05) is 12.1 Å². The molecule has 0 spiro atoms. The predicted molar refractivity (Wildman–Crippen MR) is 65.7 cm³/mol. The highest BCUT2D eigenvalue weighted by molar-refractivity contribution is 8.00. The Labute approximate surface area is 105 Å². The van der Waals surface area contributed by atoms with Gasteiger partial charge in [0.1, 0.15) is 0 Å². The van der Waals surface area contributed by atoms with Gasteiger partial charge < -0.3 is 0 Å². The van der Waals surface area contributed by atoms with E-state index in [-0.39, 0.29) is 11.8 Å². The summed E-state index contributed by atoms with van der Waals surface area (Å²) in [4.78, 5) is 1.36. The standard InChI is InChI=1S/C12H9F3S2/c13-12(14,15)17-11-8-3-1-2-4-9(8)16-10(11)7-5-6-7/h1-4,7H,5-6H2. The van der Waals surface area contributed by atoms with Gasteiger partial charge in [0.25, 0.3) is 0 Å². The third-order valence-corrected chi connectivity index (χ3v) is 5.08. The molecule has 1 aromatic carbocycles. The Balaban J connectivity index is 2.14. The van der Waals surface area contributed by atoms with Gasteiger partial charge in [0.05, 0.1) is 0 Å². The van der Waals surface area contributed by atoms with Gasteiger partial charge in [-0.2, -0.15) is 13.2 Å². The van der Waals surface area contributed by atoms with Crippen LogP contribution in [-0.2, 0) is 0 Å². The fourth-order valence-corrected chi connectivity index (χ4v) is 4.25. The molecule has 1 aliphatic carbocycles. The summed E-state index contributed by atoms with van der Waals surface area (Å²) in [5.74, 6) is 0.359. The van der Waals surface area contributed by atoms with Crippen LogP contribution in [0.4, 0.5) is 13.2 Å². The summed E-state index contributed by atoms with van der Waals surface area (Å²) in [6.45, 7) is 0. The second-order valence-electron chi connectivity index (χ2n) is 4.11. The van der Waals surface area contributed by atoms with Gasteiger partial charge in [-0.3, -0.25) is 0 Å². The van der Waals surface area contributed by atoms with E-state index in [2.05, 4.69) is 0 Å². The van der Waals surface area contributed by atoms with Gasteiger partial charge in [0, 0.05) is 19.9 Å². The highest BCUT2D eigenvalue weighted by Crippen LogP contribution is 2.53. The normalized spacial score (nSPS) is 16.6. The Morgan fingerprint density at radius 1 is 1.18 bits per heavy atom. The Hall–Kier alpha value is -0.680. The number of alkyl halides is 3. The number of halogens is 3. The van der Waals surface area contributed by atoms with Gasteiger partial charge in [-0.1, -0.05) is 18.2 Å². The molecule has 1 fully saturated rings. The molecule has 0 nitrogen and oxygen atoms in total. The van der Waals surface area contributed by atoms with Crippen molar-refractivity contribution < 1.29 is 13.2 Å². The van der Waals surface area contributed by atoms with Gasteiger partial charge in [0.2, 0.25) is 0 Å². The zero-order chi connectivity index (χ0) is 12.0. The van der Waals surface area contributed by atoms with Crippen LogP contribution in [0.2, 0.25) is 0 Å². The zero-order valence-corrected chi connectivity index (χ0v) is 10.4. The van der Waals surface area contributed by atoms with Gasteiger partial charge >= 0.3 is 5.51 Å².